The zero-order valence-corrected chi connectivity index (χ0v) is 9.27. The summed E-state index contributed by atoms with van der Waals surface area (Å²) in [6, 6.07) is 0. The normalized spacial score (nSPS) is 39.9. The van der Waals surface area contributed by atoms with Crippen molar-refractivity contribution in [3.05, 3.63) is 0 Å². The smallest absolute Gasteiger partial charge is 0.0622 e. The second-order valence-corrected chi connectivity index (χ2v) is 5.13. The van der Waals surface area contributed by atoms with Gasteiger partial charge >= 0.3 is 0 Å². The molecule has 0 saturated heterocycles. The van der Waals surface area contributed by atoms with E-state index in [9.17, 15) is 15.3 Å². The van der Waals surface area contributed by atoms with E-state index < -0.39 is 18.3 Å². The first kappa shape index (κ1) is 12.0. The summed E-state index contributed by atoms with van der Waals surface area (Å²) in [5, 5.41) is 29.1. The van der Waals surface area contributed by atoms with Gasteiger partial charge < -0.3 is 15.3 Å². The predicted molar refractivity (Wildman–Crippen MR) is 54.8 cm³/mol. The Balaban J connectivity index is 2.76. The molecule has 3 N–H and O–H groups in total. The largest absolute Gasteiger partial charge is 0.393 e. The van der Waals surface area contributed by atoms with Gasteiger partial charge in [-0.1, -0.05) is 27.2 Å². The Hall–Kier alpha value is -0.120. The van der Waals surface area contributed by atoms with Crippen LogP contribution in [-0.2, 0) is 0 Å². The maximum absolute atomic E-state index is 9.86. The summed E-state index contributed by atoms with van der Waals surface area (Å²) in [6.45, 7) is 6.17. The molecule has 1 fully saturated rings. The summed E-state index contributed by atoms with van der Waals surface area (Å²) in [5.41, 5.74) is -0.0705. The summed E-state index contributed by atoms with van der Waals surface area (Å²) < 4.78 is 0. The van der Waals surface area contributed by atoms with Gasteiger partial charge in [0.15, 0.2) is 0 Å². The van der Waals surface area contributed by atoms with Crippen molar-refractivity contribution in [1.82, 2.24) is 0 Å². The highest BCUT2D eigenvalue weighted by atomic mass is 16.3. The molecule has 0 spiro atoms. The Bertz CT molecular complexity index is 179. The number of aliphatic hydroxyl groups is 3. The SMILES string of the molecule is CCC(C)(C)C1C(O)CC(O)CC1O. The summed E-state index contributed by atoms with van der Waals surface area (Å²) in [4.78, 5) is 0. The molecule has 0 aromatic carbocycles. The zero-order valence-electron chi connectivity index (χ0n) is 9.27. The van der Waals surface area contributed by atoms with Crippen LogP contribution in [0.2, 0.25) is 0 Å². The predicted octanol–water partition coefficient (Wildman–Crippen LogP) is 0.915. The van der Waals surface area contributed by atoms with Crippen LogP contribution in [0.25, 0.3) is 0 Å². The molecule has 1 aliphatic rings. The van der Waals surface area contributed by atoms with Gasteiger partial charge in [0.2, 0.25) is 0 Å². The fourth-order valence-electron chi connectivity index (χ4n) is 2.48. The van der Waals surface area contributed by atoms with Crippen LogP contribution < -0.4 is 0 Å². The Morgan fingerprint density at radius 2 is 1.50 bits per heavy atom. The fourth-order valence-corrected chi connectivity index (χ4v) is 2.48. The Morgan fingerprint density at radius 1 is 1.07 bits per heavy atom. The zero-order chi connectivity index (χ0) is 10.9. The summed E-state index contributed by atoms with van der Waals surface area (Å²) >= 11 is 0. The first-order chi connectivity index (χ1) is 6.38. The molecule has 0 aromatic heterocycles. The molecule has 14 heavy (non-hydrogen) atoms. The van der Waals surface area contributed by atoms with Crippen molar-refractivity contribution >= 4 is 0 Å². The molecular formula is C11H22O3. The lowest BCUT2D eigenvalue weighted by molar-refractivity contribution is -0.113. The van der Waals surface area contributed by atoms with E-state index in [1.54, 1.807) is 0 Å². The van der Waals surface area contributed by atoms with Crippen molar-refractivity contribution in [3.8, 4) is 0 Å². The minimum Gasteiger partial charge on any atom is -0.393 e. The van der Waals surface area contributed by atoms with E-state index in [1.807, 2.05) is 0 Å². The van der Waals surface area contributed by atoms with Crippen LogP contribution in [-0.4, -0.2) is 33.6 Å². The first-order valence-corrected chi connectivity index (χ1v) is 5.42. The van der Waals surface area contributed by atoms with Crippen LogP contribution in [0.3, 0.4) is 0 Å². The molecule has 0 aromatic rings. The lowest BCUT2D eigenvalue weighted by Crippen LogP contribution is -2.48. The van der Waals surface area contributed by atoms with Crippen molar-refractivity contribution in [2.24, 2.45) is 11.3 Å². The lowest BCUT2D eigenvalue weighted by atomic mass is 9.66. The lowest BCUT2D eigenvalue weighted by Gasteiger charge is -2.44. The van der Waals surface area contributed by atoms with Crippen molar-refractivity contribution in [3.63, 3.8) is 0 Å². The molecule has 84 valence electrons. The van der Waals surface area contributed by atoms with Crippen LogP contribution in [0.5, 0.6) is 0 Å². The van der Waals surface area contributed by atoms with Gasteiger partial charge in [0.1, 0.15) is 0 Å². The van der Waals surface area contributed by atoms with Crippen molar-refractivity contribution in [1.29, 1.82) is 0 Å². The van der Waals surface area contributed by atoms with Crippen LogP contribution >= 0.6 is 0 Å². The highest BCUT2D eigenvalue weighted by Crippen LogP contribution is 2.40. The molecule has 0 radical (unpaired) electrons. The van der Waals surface area contributed by atoms with Gasteiger partial charge in [-0.05, 0) is 18.3 Å². The van der Waals surface area contributed by atoms with Crippen molar-refractivity contribution < 1.29 is 15.3 Å². The molecule has 0 amide bonds. The summed E-state index contributed by atoms with van der Waals surface area (Å²) in [6.07, 6.45) is -0.00521. The van der Waals surface area contributed by atoms with E-state index in [2.05, 4.69) is 20.8 Å². The molecule has 0 bridgehead atoms. The molecule has 0 heterocycles. The maximum Gasteiger partial charge on any atom is 0.0622 e. The first-order valence-electron chi connectivity index (χ1n) is 5.42. The molecule has 3 heteroatoms. The number of hydrogen-bond acceptors (Lipinski definition) is 3. The average molecular weight is 202 g/mol. The quantitative estimate of drug-likeness (QED) is 0.624. The highest BCUT2D eigenvalue weighted by Gasteiger charge is 2.43. The van der Waals surface area contributed by atoms with E-state index in [1.165, 1.54) is 0 Å². The third-order valence-electron chi connectivity index (χ3n) is 3.67. The van der Waals surface area contributed by atoms with Gasteiger partial charge in [-0.3, -0.25) is 0 Å². The molecule has 1 aliphatic carbocycles. The van der Waals surface area contributed by atoms with Crippen LogP contribution in [0, 0.1) is 11.3 Å². The van der Waals surface area contributed by atoms with Gasteiger partial charge in [-0.25, -0.2) is 0 Å². The molecule has 3 nitrogen and oxygen atoms in total. The Morgan fingerprint density at radius 3 is 1.86 bits per heavy atom. The molecule has 2 atom stereocenters. The van der Waals surface area contributed by atoms with Crippen LogP contribution in [0.1, 0.15) is 40.0 Å². The molecular weight excluding hydrogens is 180 g/mol. The van der Waals surface area contributed by atoms with E-state index in [0.29, 0.717) is 12.8 Å². The van der Waals surface area contributed by atoms with Crippen LogP contribution in [0.4, 0.5) is 0 Å². The highest BCUT2D eigenvalue weighted by molar-refractivity contribution is 4.93. The number of hydrogen-bond donors (Lipinski definition) is 3. The van der Waals surface area contributed by atoms with E-state index in [0.717, 1.165) is 6.42 Å². The van der Waals surface area contributed by atoms with Gasteiger partial charge in [-0.15, -0.1) is 0 Å². The number of rotatable bonds is 2. The van der Waals surface area contributed by atoms with Crippen LogP contribution in [0.15, 0.2) is 0 Å². The molecule has 1 rings (SSSR count). The molecule has 1 saturated carbocycles. The van der Waals surface area contributed by atoms with Gasteiger partial charge in [0.05, 0.1) is 18.3 Å². The Labute approximate surface area is 85.8 Å². The minimum absolute atomic E-state index is 0.0705. The minimum atomic E-state index is -0.580. The standard InChI is InChI=1S/C11H22O3/c1-4-11(2,3)10-8(13)5-7(12)6-9(10)14/h7-10,12-14H,4-6H2,1-3H3. The third-order valence-corrected chi connectivity index (χ3v) is 3.67. The van der Waals surface area contributed by atoms with Gasteiger partial charge in [0.25, 0.3) is 0 Å². The molecule has 2 unspecified atom stereocenters. The van der Waals surface area contributed by atoms with Crippen molar-refractivity contribution in [2.75, 3.05) is 0 Å². The van der Waals surface area contributed by atoms with Crippen molar-refractivity contribution in [2.45, 2.75) is 58.3 Å². The number of aliphatic hydroxyl groups excluding tert-OH is 3. The topological polar surface area (TPSA) is 60.7 Å². The fraction of sp³-hybridized carbons (Fsp3) is 1.00. The summed E-state index contributed by atoms with van der Waals surface area (Å²) in [7, 11) is 0. The van der Waals surface area contributed by atoms with Gasteiger partial charge in [-0.2, -0.15) is 0 Å². The van der Waals surface area contributed by atoms with Gasteiger partial charge in [0, 0.05) is 5.92 Å². The Kier molecular flexibility index (Phi) is 3.56. The third kappa shape index (κ3) is 2.27. The maximum atomic E-state index is 9.86. The summed E-state index contributed by atoms with van der Waals surface area (Å²) in [5.74, 6) is -0.115. The monoisotopic (exact) mass is 202 g/mol. The second kappa shape index (κ2) is 4.17. The second-order valence-electron chi connectivity index (χ2n) is 5.13. The molecule has 0 aliphatic heterocycles. The average Bonchev–Trinajstić information content (AvgIpc) is 2.01. The van der Waals surface area contributed by atoms with E-state index >= 15 is 0 Å². The van der Waals surface area contributed by atoms with E-state index in [4.69, 9.17) is 0 Å². The van der Waals surface area contributed by atoms with E-state index in [-0.39, 0.29) is 11.3 Å².